The summed E-state index contributed by atoms with van der Waals surface area (Å²) in [7, 11) is 2.04. The predicted octanol–water partition coefficient (Wildman–Crippen LogP) is 3.68. The minimum atomic E-state index is -0.372. The van der Waals surface area contributed by atoms with E-state index >= 15 is 0 Å². The number of anilines is 1. The second-order valence-electron chi connectivity index (χ2n) is 5.59. The van der Waals surface area contributed by atoms with Crippen molar-refractivity contribution in [2.24, 2.45) is 0 Å². The molecule has 1 aromatic heterocycles. The topological polar surface area (TPSA) is 59.3 Å². The van der Waals surface area contributed by atoms with Gasteiger partial charge in [-0.25, -0.2) is 4.98 Å². The van der Waals surface area contributed by atoms with Crippen LogP contribution < -0.4 is 4.90 Å². The molecule has 5 heteroatoms. The molecule has 0 saturated heterocycles. The van der Waals surface area contributed by atoms with Gasteiger partial charge in [0.25, 0.3) is 5.69 Å². The summed E-state index contributed by atoms with van der Waals surface area (Å²) in [6.45, 7) is 4.97. The molecule has 5 nitrogen and oxygen atoms in total. The van der Waals surface area contributed by atoms with Gasteiger partial charge in [0.15, 0.2) is 0 Å². The SMILES string of the molecule is Cc1cc(C)nc(N(C)CCCc2ccc([N+](=O)[O-])cc2)c1. The predicted molar refractivity (Wildman–Crippen MR) is 88.4 cm³/mol. The Morgan fingerprint density at radius 1 is 1.18 bits per heavy atom. The first-order valence-corrected chi connectivity index (χ1v) is 7.35. The first-order valence-electron chi connectivity index (χ1n) is 7.35. The van der Waals surface area contributed by atoms with Crippen LogP contribution >= 0.6 is 0 Å². The van der Waals surface area contributed by atoms with Crippen LogP contribution in [0.4, 0.5) is 11.5 Å². The van der Waals surface area contributed by atoms with Crippen LogP contribution in [0.1, 0.15) is 23.2 Å². The number of non-ortho nitro benzene ring substituents is 1. The molecule has 2 rings (SSSR count). The van der Waals surface area contributed by atoms with Crippen LogP contribution in [-0.2, 0) is 6.42 Å². The fraction of sp³-hybridized carbons (Fsp3) is 0.353. The molecule has 2 aromatic rings. The highest BCUT2D eigenvalue weighted by atomic mass is 16.6. The molecule has 0 radical (unpaired) electrons. The zero-order chi connectivity index (χ0) is 16.1. The largest absolute Gasteiger partial charge is 0.360 e. The van der Waals surface area contributed by atoms with Crippen molar-refractivity contribution in [1.29, 1.82) is 0 Å². The Hall–Kier alpha value is -2.43. The number of pyridine rings is 1. The van der Waals surface area contributed by atoms with Crippen molar-refractivity contribution in [2.45, 2.75) is 26.7 Å². The first-order chi connectivity index (χ1) is 10.5. The molecule has 0 spiro atoms. The summed E-state index contributed by atoms with van der Waals surface area (Å²) < 4.78 is 0. The first kappa shape index (κ1) is 15.9. The lowest BCUT2D eigenvalue weighted by atomic mass is 10.1. The molecule has 116 valence electrons. The molecule has 0 bridgehead atoms. The molecular formula is C17H21N3O2. The Balaban J connectivity index is 1.88. The van der Waals surface area contributed by atoms with Gasteiger partial charge >= 0.3 is 0 Å². The van der Waals surface area contributed by atoms with Gasteiger partial charge in [0.1, 0.15) is 5.82 Å². The highest BCUT2D eigenvalue weighted by Gasteiger charge is 2.06. The summed E-state index contributed by atoms with van der Waals surface area (Å²) in [5.74, 6) is 0.987. The van der Waals surface area contributed by atoms with Crippen LogP contribution in [0.2, 0.25) is 0 Å². The normalized spacial score (nSPS) is 10.5. The van der Waals surface area contributed by atoms with Crippen LogP contribution in [-0.4, -0.2) is 23.5 Å². The number of nitro groups is 1. The van der Waals surface area contributed by atoms with E-state index in [9.17, 15) is 10.1 Å². The second-order valence-corrected chi connectivity index (χ2v) is 5.59. The van der Waals surface area contributed by atoms with E-state index in [1.54, 1.807) is 12.1 Å². The molecule has 1 aromatic carbocycles. The second kappa shape index (κ2) is 7.02. The molecular weight excluding hydrogens is 278 g/mol. The zero-order valence-electron chi connectivity index (χ0n) is 13.2. The lowest BCUT2D eigenvalue weighted by molar-refractivity contribution is -0.384. The van der Waals surface area contributed by atoms with E-state index in [4.69, 9.17) is 0 Å². The van der Waals surface area contributed by atoms with E-state index in [2.05, 4.69) is 28.9 Å². The quantitative estimate of drug-likeness (QED) is 0.603. The minimum Gasteiger partial charge on any atom is -0.360 e. The average Bonchev–Trinajstić information content (AvgIpc) is 2.46. The number of hydrogen-bond donors (Lipinski definition) is 0. The summed E-state index contributed by atoms with van der Waals surface area (Å²) in [4.78, 5) is 16.9. The zero-order valence-corrected chi connectivity index (χ0v) is 13.2. The monoisotopic (exact) mass is 299 g/mol. The number of benzene rings is 1. The lowest BCUT2D eigenvalue weighted by Crippen LogP contribution is -2.20. The maximum atomic E-state index is 10.6. The summed E-state index contributed by atoms with van der Waals surface area (Å²) >= 11 is 0. The molecule has 0 saturated carbocycles. The third kappa shape index (κ3) is 4.28. The van der Waals surface area contributed by atoms with E-state index in [-0.39, 0.29) is 10.6 Å². The average molecular weight is 299 g/mol. The molecule has 0 aliphatic rings. The molecule has 0 aliphatic carbocycles. The third-order valence-electron chi connectivity index (χ3n) is 3.58. The van der Waals surface area contributed by atoms with Crippen molar-refractivity contribution in [3.8, 4) is 0 Å². The summed E-state index contributed by atoms with van der Waals surface area (Å²) in [5, 5.41) is 10.6. The van der Waals surface area contributed by atoms with Crippen molar-refractivity contribution in [3.63, 3.8) is 0 Å². The lowest BCUT2D eigenvalue weighted by Gasteiger charge is -2.19. The number of aryl methyl sites for hydroxylation is 3. The fourth-order valence-corrected chi connectivity index (χ4v) is 2.43. The van der Waals surface area contributed by atoms with Crippen molar-refractivity contribution in [1.82, 2.24) is 4.98 Å². The number of nitro benzene ring substituents is 1. The van der Waals surface area contributed by atoms with E-state index in [1.807, 2.05) is 26.1 Å². The highest BCUT2D eigenvalue weighted by molar-refractivity contribution is 5.41. The molecule has 22 heavy (non-hydrogen) atoms. The van der Waals surface area contributed by atoms with Crippen LogP contribution in [0, 0.1) is 24.0 Å². The number of hydrogen-bond acceptors (Lipinski definition) is 4. The van der Waals surface area contributed by atoms with Crippen LogP contribution in [0.15, 0.2) is 36.4 Å². The van der Waals surface area contributed by atoms with Gasteiger partial charge in [-0.3, -0.25) is 10.1 Å². The smallest absolute Gasteiger partial charge is 0.269 e. The van der Waals surface area contributed by atoms with Gasteiger partial charge in [0.2, 0.25) is 0 Å². The van der Waals surface area contributed by atoms with E-state index in [0.717, 1.165) is 36.5 Å². The molecule has 1 heterocycles. The molecule has 0 amide bonds. The van der Waals surface area contributed by atoms with Crippen molar-refractivity contribution in [2.75, 3.05) is 18.5 Å². The van der Waals surface area contributed by atoms with Crippen molar-refractivity contribution >= 4 is 11.5 Å². The van der Waals surface area contributed by atoms with Gasteiger partial charge in [0, 0.05) is 31.4 Å². The maximum Gasteiger partial charge on any atom is 0.269 e. The third-order valence-corrected chi connectivity index (χ3v) is 3.58. The molecule has 0 fully saturated rings. The van der Waals surface area contributed by atoms with Crippen LogP contribution in [0.25, 0.3) is 0 Å². The van der Waals surface area contributed by atoms with Crippen LogP contribution in [0.5, 0.6) is 0 Å². The number of aromatic nitrogens is 1. The van der Waals surface area contributed by atoms with E-state index in [1.165, 1.54) is 5.56 Å². The van der Waals surface area contributed by atoms with Gasteiger partial charge in [-0.2, -0.15) is 0 Å². The molecule has 0 aliphatic heterocycles. The van der Waals surface area contributed by atoms with E-state index in [0.29, 0.717) is 0 Å². The van der Waals surface area contributed by atoms with Gasteiger partial charge in [0.05, 0.1) is 4.92 Å². The van der Waals surface area contributed by atoms with Crippen LogP contribution in [0.3, 0.4) is 0 Å². The summed E-state index contributed by atoms with van der Waals surface area (Å²) in [6, 6.07) is 10.9. The standard InChI is InChI=1S/C17H21N3O2/c1-13-11-14(2)18-17(12-13)19(3)10-4-5-15-6-8-16(9-7-15)20(21)22/h6-9,11-12H,4-5,10H2,1-3H3. The molecule has 0 N–H and O–H groups in total. The maximum absolute atomic E-state index is 10.6. The van der Waals surface area contributed by atoms with E-state index < -0.39 is 0 Å². The number of nitrogens with zero attached hydrogens (tertiary/aromatic N) is 3. The fourth-order valence-electron chi connectivity index (χ4n) is 2.43. The summed E-state index contributed by atoms with van der Waals surface area (Å²) in [5.41, 5.74) is 3.50. The van der Waals surface area contributed by atoms with Gasteiger partial charge < -0.3 is 4.90 Å². The Labute approximate surface area is 130 Å². The number of rotatable bonds is 6. The van der Waals surface area contributed by atoms with Crippen molar-refractivity contribution < 1.29 is 4.92 Å². The van der Waals surface area contributed by atoms with Gasteiger partial charge in [-0.1, -0.05) is 12.1 Å². The minimum absolute atomic E-state index is 0.139. The highest BCUT2D eigenvalue weighted by Crippen LogP contribution is 2.15. The van der Waals surface area contributed by atoms with Gasteiger partial charge in [-0.15, -0.1) is 0 Å². The Morgan fingerprint density at radius 3 is 2.45 bits per heavy atom. The molecule has 0 unspecified atom stereocenters. The summed E-state index contributed by atoms with van der Waals surface area (Å²) in [6.07, 6.45) is 1.87. The Morgan fingerprint density at radius 2 is 1.86 bits per heavy atom. The Kier molecular flexibility index (Phi) is 5.09. The van der Waals surface area contributed by atoms with Gasteiger partial charge in [-0.05, 0) is 49.9 Å². The van der Waals surface area contributed by atoms with Crippen molar-refractivity contribution in [3.05, 3.63) is 63.3 Å². The molecule has 0 atom stereocenters. The Bertz CT molecular complexity index is 633.